The number of carbonyl (C=O) groups is 1. The van der Waals surface area contributed by atoms with Gasteiger partial charge in [0, 0.05) is 11.0 Å². The Morgan fingerprint density at radius 3 is 2.86 bits per heavy atom. The van der Waals surface area contributed by atoms with Crippen molar-refractivity contribution >= 4 is 18.0 Å². The van der Waals surface area contributed by atoms with Crippen LogP contribution in [0.5, 0.6) is 0 Å². The molecule has 0 atom stereocenters. The summed E-state index contributed by atoms with van der Waals surface area (Å²) in [7, 11) is 0. The van der Waals surface area contributed by atoms with Crippen molar-refractivity contribution in [2.24, 2.45) is 0 Å². The van der Waals surface area contributed by atoms with Gasteiger partial charge in [-0.2, -0.15) is 11.8 Å². The maximum Gasteiger partial charge on any atom is 0.129 e. The molecule has 0 aliphatic heterocycles. The fraction of sp³-hybridized carbons (Fsp3) is 0.800. The molecule has 2 heteroatoms. The molecule has 1 saturated carbocycles. The van der Waals surface area contributed by atoms with Crippen LogP contribution in [0.2, 0.25) is 0 Å². The van der Waals surface area contributed by atoms with E-state index in [1.165, 1.54) is 12.8 Å². The second kappa shape index (κ2) is 2.36. The van der Waals surface area contributed by atoms with Gasteiger partial charge in [-0.1, -0.05) is 0 Å². The third-order valence-corrected chi connectivity index (χ3v) is 2.20. The third kappa shape index (κ3) is 1.97. The van der Waals surface area contributed by atoms with Crippen LogP contribution in [0.3, 0.4) is 0 Å². The lowest BCUT2D eigenvalue weighted by Crippen LogP contribution is -1.79. The number of rotatable bonds is 3. The van der Waals surface area contributed by atoms with Crippen LogP contribution in [0.15, 0.2) is 0 Å². The van der Waals surface area contributed by atoms with E-state index in [9.17, 15) is 4.79 Å². The van der Waals surface area contributed by atoms with Crippen molar-refractivity contribution in [3.63, 3.8) is 0 Å². The number of carbonyl (C=O) groups excluding carboxylic acids is 1. The van der Waals surface area contributed by atoms with E-state index in [-0.39, 0.29) is 0 Å². The summed E-state index contributed by atoms with van der Waals surface area (Å²) in [6.07, 6.45) is 3.64. The summed E-state index contributed by atoms with van der Waals surface area (Å²) in [6.45, 7) is 0. The topological polar surface area (TPSA) is 17.1 Å². The van der Waals surface area contributed by atoms with Crippen molar-refractivity contribution in [1.29, 1.82) is 0 Å². The predicted molar refractivity (Wildman–Crippen MR) is 31.5 cm³/mol. The molecular weight excluding hydrogens is 108 g/mol. The molecule has 1 aliphatic rings. The zero-order valence-electron chi connectivity index (χ0n) is 4.09. The van der Waals surface area contributed by atoms with Gasteiger partial charge in [-0.3, -0.25) is 0 Å². The summed E-state index contributed by atoms with van der Waals surface area (Å²) >= 11 is 1.77. The Bertz CT molecular complexity index is 68.5. The largest absolute Gasteiger partial charge is 0.302 e. The van der Waals surface area contributed by atoms with E-state index >= 15 is 0 Å². The fourth-order valence-electron chi connectivity index (χ4n) is 0.410. The molecule has 0 aromatic carbocycles. The van der Waals surface area contributed by atoms with Gasteiger partial charge in [0.1, 0.15) is 6.29 Å². The summed E-state index contributed by atoms with van der Waals surface area (Å²) in [5, 5.41) is 0.838. The van der Waals surface area contributed by atoms with Crippen LogP contribution in [0.25, 0.3) is 0 Å². The first kappa shape index (κ1) is 5.16. The zero-order valence-corrected chi connectivity index (χ0v) is 4.91. The minimum Gasteiger partial charge on any atom is -0.302 e. The smallest absolute Gasteiger partial charge is 0.129 e. The molecule has 1 fully saturated rings. The maximum absolute atomic E-state index is 9.72. The van der Waals surface area contributed by atoms with Crippen LogP contribution >= 0.6 is 11.8 Å². The van der Waals surface area contributed by atoms with Crippen LogP contribution in [0.4, 0.5) is 0 Å². The van der Waals surface area contributed by atoms with E-state index in [1.807, 2.05) is 0 Å². The average molecular weight is 116 g/mol. The number of aldehydes is 1. The van der Waals surface area contributed by atoms with Gasteiger partial charge in [-0.15, -0.1) is 0 Å². The minimum absolute atomic E-state index is 0.699. The normalized spacial score (nSPS) is 19.4. The van der Waals surface area contributed by atoms with Gasteiger partial charge in [-0.25, -0.2) is 0 Å². The highest BCUT2D eigenvalue weighted by molar-refractivity contribution is 8.00. The van der Waals surface area contributed by atoms with Crippen LogP contribution < -0.4 is 0 Å². The standard InChI is InChI=1S/C5H8OS/c6-3-4-7-5-1-2-5/h3,5H,1-2,4H2. The van der Waals surface area contributed by atoms with Gasteiger partial charge < -0.3 is 4.79 Å². The summed E-state index contributed by atoms with van der Waals surface area (Å²) in [5.74, 6) is 0.699. The molecule has 0 aromatic heterocycles. The van der Waals surface area contributed by atoms with Crippen molar-refractivity contribution in [1.82, 2.24) is 0 Å². The molecule has 0 amide bonds. The molecule has 1 nitrogen and oxygen atoms in total. The van der Waals surface area contributed by atoms with Crippen LogP contribution in [-0.4, -0.2) is 17.3 Å². The second-order valence-electron chi connectivity index (χ2n) is 1.70. The van der Waals surface area contributed by atoms with Crippen molar-refractivity contribution in [3.8, 4) is 0 Å². The monoisotopic (exact) mass is 116 g/mol. The summed E-state index contributed by atoms with van der Waals surface area (Å²) in [4.78, 5) is 9.72. The lowest BCUT2D eigenvalue weighted by Gasteiger charge is -1.83. The molecule has 0 bridgehead atoms. The molecule has 0 radical (unpaired) electrons. The highest BCUT2D eigenvalue weighted by Crippen LogP contribution is 2.33. The van der Waals surface area contributed by atoms with Crippen molar-refractivity contribution in [2.75, 3.05) is 5.75 Å². The lowest BCUT2D eigenvalue weighted by atomic mass is 10.9. The van der Waals surface area contributed by atoms with Crippen molar-refractivity contribution < 1.29 is 4.79 Å². The highest BCUT2D eigenvalue weighted by Gasteiger charge is 2.20. The molecule has 0 unspecified atom stereocenters. The Morgan fingerprint density at radius 1 is 1.71 bits per heavy atom. The second-order valence-corrected chi connectivity index (χ2v) is 3.03. The summed E-state index contributed by atoms with van der Waals surface area (Å²) in [5.41, 5.74) is 0. The lowest BCUT2D eigenvalue weighted by molar-refractivity contribution is -0.105. The van der Waals surface area contributed by atoms with Crippen molar-refractivity contribution in [2.45, 2.75) is 18.1 Å². The molecule has 0 N–H and O–H groups in total. The fourth-order valence-corrected chi connectivity index (χ4v) is 1.23. The summed E-state index contributed by atoms with van der Waals surface area (Å²) < 4.78 is 0. The van der Waals surface area contributed by atoms with E-state index in [2.05, 4.69) is 0 Å². The first-order valence-corrected chi connectivity index (χ1v) is 3.53. The SMILES string of the molecule is O=CCSC1CC1. The molecule has 1 aliphatic carbocycles. The van der Waals surface area contributed by atoms with Gasteiger partial charge in [-0.05, 0) is 12.8 Å². The molecular formula is C5H8OS. The third-order valence-electron chi connectivity index (χ3n) is 0.924. The Hall–Kier alpha value is 0.0200. The van der Waals surface area contributed by atoms with E-state index in [0.29, 0.717) is 5.75 Å². The number of thioether (sulfide) groups is 1. The van der Waals surface area contributed by atoms with E-state index in [0.717, 1.165) is 11.5 Å². The Morgan fingerprint density at radius 2 is 2.43 bits per heavy atom. The van der Waals surface area contributed by atoms with Gasteiger partial charge in [0.2, 0.25) is 0 Å². The van der Waals surface area contributed by atoms with E-state index < -0.39 is 0 Å². The molecule has 0 spiro atoms. The first-order valence-electron chi connectivity index (χ1n) is 2.48. The Kier molecular flexibility index (Phi) is 1.74. The van der Waals surface area contributed by atoms with Crippen LogP contribution in [-0.2, 0) is 4.79 Å². The molecule has 0 aromatic rings. The molecule has 0 heterocycles. The van der Waals surface area contributed by atoms with Gasteiger partial charge >= 0.3 is 0 Å². The van der Waals surface area contributed by atoms with E-state index in [4.69, 9.17) is 0 Å². The van der Waals surface area contributed by atoms with Crippen LogP contribution in [0, 0.1) is 0 Å². The molecule has 7 heavy (non-hydrogen) atoms. The number of hydrogen-bond donors (Lipinski definition) is 0. The van der Waals surface area contributed by atoms with Gasteiger partial charge in [0.05, 0.1) is 0 Å². The minimum atomic E-state index is 0.699. The summed E-state index contributed by atoms with van der Waals surface area (Å²) in [6, 6.07) is 0. The molecule has 40 valence electrons. The molecule has 0 saturated heterocycles. The van der Waals surface area contributed by atoms with E-state index in [1.54, 1.807) is 11.8 Å². The zero-order chi connectivity index (χ0) is 5.11. The molecule has 1 rings (SSSR count). The predicted octanol–water partition coefficient (Wildman–Crippen LogP) is 1.08. The maximum atomic E-state index is 9.72. The van der Waals surface area contributed by atoms with Gasteiger partial charge in [0.15, 0.2) is 0 Å². The number of hydrogen-bond acceptors (Lipinski definition) is 2. The first-order chi connectivity index (χ1) is 3.43. The average Bonchev–Trinajstić information content (AvgIpc) is 2.42. The Balaban J connectivity index is 1.88. The quantitative estimate of drug-likeness (QED) is 0.513. The van der Waals surface area contributed by atoms with Crippen LogP contribution in [0.1, 0.15) is 12.8 Å². The van der Waals surface area contributed by atoms with Gasteiger partial charge in [0.25, 0.3) is 0 Å². The highest BCUT2D eigenvalue weighted by atomic mass is 32.2. The Labute approximate surface area is 47.5 Å². The van der Waals surface area contributed by atoms with Crippen molar-refractivity contribution in [3.05, 3.63) is 0 Å².